The summed E-state index contributed by atoms with van der Waals surface area (Å²) in [4.78, 5) is 10.7. The van der Waals surface area contributed by atoms with Crippen LogP contribution < -0.4 is 0 Å². The van der Waals surface area contributed by atoms with Gasteiger partial charge in [-0.15, -0.1) is 0 Å². The second-order valence-electron chi connectivity index (χ2n) is 4.39. The van der Waals surface area contributed by atoms with Gasteiger partial charge in [0, 0.05) is 0 Å². The highest BCUT2D eigenvalue weighted by Gasteiger charge is 1.99. The third kappa shape index (κ3) is 3.98. The van der Waals surface area contributed by atoms with E-state index in [0.717, 1.165) is 11.1 Å². The third-order valence-corrected chi connectivity index (χ3v) is 2.85. The number of hydrogen-bond donors (Lipinski definition) is 3. The molecule has 3 N–H and O–H groups in total. The number of carboxylic acids is 1. The first-order valence-electron chi connectivity index (χ1n) is 6.26. The Morgan fingerprint density at radius 1 is 0.810 bits per heavy atom. The lowest BCUT2D eigenvalue weighted by Crippen LogP contribution is -1.94. The average Bonchev–Trinajstić information content (AvgIpc) is 2.47. The zero-order valence-corrected chi connectivity index (χ0v) is 11.1. The molecule has 0 aliphatic heterocycles. The van der Waals surface area contributed by atoms with Gasteiger partial charge in [0.15, 0.2) is 11.5 Å². The molecule has 0 aromatic heterocycles. The van der Waals surface area contributed by atoms with Gasteiger partial charge < -0.3 is 15.3 Å². The largest absolute Gasteiger partial charge is 0.504 e. The molecule has 0 amide bonds. The van der Waals surface area contributed by atoms with Gasteiger partial charge in [0.1, 0.15) is 0 Å². The lowest BCUT2D eigenvalue weighted by Gasteiger charge is -1.97. The minimum Gasteiger partial charge on any atom is -0.504 e. The minimum absolute atomic E-state index is 0.152. The van der Waals surface area contributed by atoms with Crippen molar-refractivity contribution in [3.63, 3.8) is 0 Å². The molecule has 0 heterocycles. The fourth-order valence-corrected chi connectivity index (χ4v) is 1.71. The summed E-state index contributed by atoms with van der Waals surface area (Å²) in [6, 6.07) is 11.1. The summed E-state index contributed by atoms with van der Waals surface area (Å²) in [6.07, 6.45) is 7.21. The van der Waals surface area contributed by atoms with Gasteiger partial charge in [0.2, 0.25) is 0 Å². The van der Waals surface area contributed by atoms with Crippen LogP contribution in [-0.2, 0) is 0 Å². The Morgan fingerprint density at radius 3 is 1.95 bits per heavy atom. The van der Waals surface area contributed by atoms with E-state index in [1.165, 1.54) is 12.1 Å². The lowest BCUT2D eigenvalue weighted by atomic mass is 10.1. The quantitative estimate of drug-likeness (QED) is 0.592. The van der Waals surface area contributed by atoms with Crippen LogP contribution in [0.25, 0.3) is 12.2 Å². The van der Waals surface area contributed by atoms with Crippen LogP contribution in [0.3, 0.4) is 0 Å². The van der Waals surface area contributed by atoms with Gasteiger partial charge in [-0.05, 0) is 35.4 Å². The fourth-order valence-electron chi connectivity index (χ4n) is 1.71. The molecule has 0 bridgehead atoms. The summed E-state index contributed by atoms with van der Waals surface area (Å²) in [5.74, 6) is -1.26. The number of aromatic carboxylic acids is 1. The third-order valence-electron chi connectivity index (χ3n) is 2.85. The van der Waals surface area contributed by atoms with Gasteiger partial charge in [0.25, 0.3) is 0 Å². The Labute approximate surface area is 121 Å². The Kier molecular flexibility index (Phi) is 4.41. The number of allylic oxidation sites excluding steroid dienone is 2. The molecule has 4 nitrogen and oxygen atoms in total. The predicted molar refractivity (Wildman–Crippen MR) is 81.2 cm³/mol. The van der Waals surface area contributed by atoms with Crippen molar-refractivity contribution >= 4 is 18.1 Å². The van der Waals surface area contributed by atoms with Crippen molar-refractivity contribution in [1.82, 2.24) is 0 Å². The monoisotopic (exact) mass is 282 g/mol. The van der Waals surface area contributed by atoms with E-state index in [-0.39, 0.29) is 17.1 Å². The molecule has 0 fully saturated rings. The van der Waals surface area contributed by atoms with E-state index >= 15 is 0 Å². The Hall–Kier alpha value is -3.01. The molecule has 2 aromatic rings. The van der Waals surface area contributed by atoms with Crippen LogP contribution in [0.15, 0.2) is 54.6 Å². The van der Waals surface area contributed by atoms with Crippen LogP contribution in [-0.4, -0.2) is 21.3 Å². The lowest BCUT2D eigenvalue weighted by molar-refractivity contribution is 0.0697. The molecule has 0 aliphatic rings. The molecule has 0 unspecified atom stereocenters. The summed E-state index contributed by atoms with van der Waals surface area (Å²) >= 11 is 0. The van der Waals surface area contributed by atoms with E-state index in [2.05, 4.69) is 0 Å². The Balaban J connectivity index is 2.02. The molecule has 0 radical (unpaired) electrons. The van der Waals surface area contributed by atoms with E-state index in [1.54, 1.807) is 48.6 Å². The van der Waals surface area contributed by atoms with E-state index in [1.807, 2.05) is 6.08 Å². The van der Waals surface area contributed by atoms with Crippen LogP contribution in [0.5, 0.6) is 11.5 Å². The smallest absolute Gasteiger partial charge is 0.335 e. The molecular formula is C17H14O4. The molecule has 21 heavy (non-hydrogen) atoms. The van der Waals surface area contributed by atoms with Crippen molar-refractivity contribution in [2.75, 3.05) is 0 Å². The van der Waals surface area contributed by atoms with Crippen molar-refractivity contribution in [3.05, 3.63) is 71.3 Å². The van der Waals surface area contributed by atoms with E-state index in [0.29, 0.717) is 0 Å². The van der Waals surface area contributed by atoms with Crippen LogP contribution in [0, 0.1) is 0 Å². The zero-order valence-electron chi connectivity index (χ0n) is 11.1. The molecule has 2 aromatic carbocycles. The molecule has 0 spiro atoms. The SMILES string of the molecule is O=C(O)c1ccc(C=CC=Cc2ccc(O)c(O)c2)cc1. The number of carboxylic acid groups (broad SMARTS) is 1. The van der Waals surface area contributed by atoms with E-state index in [4.69, 9.17) is 5.11 Å². The number of carbonyl (C=O) groups is 1. The summed E-state index contributed by atoms with van der Waals surface area (Å²) in [7, 11) is 0. The number of benzene rings is 2. The number of phenolic OH excluding ortho intramolecular Hbond substituents is 2. The van der Waals surface area contributed by atoms with Crippen LogP contribution >= 0.6 is 0 Å². The average molecular weight is 282 g/mol. The first kappa shape index (κ1) is 14.4. The second-order valence-corrected chi connectivity index (χ2v) is 4.39. The Morgan fingerprint density at radius 2 is 1.38 bits per heavy atom. The highest BCUT2D eigenvalue weighted by Crippen LogP contribution is 2.25. The van der Waals surface area contributed by atoms with Crippen LogP contribution in [0.4, 0.5) is 0 Å². The van der Waals surface area contributed by atoms with Gasteiger partial charge in [-0.2, -0.15) is 0 Å². The Bertz CT molecular complexity index is 697. The van der Waals surface area contributed by atoms with E-state index < -0.39 is 5.97 Å². The molecule has 0 aliphatic carbocycles. The van der Waals surface area contributed by atoms with E-state index in [9.17, 15) is 15.0 Å². The highest BCUT2D eigenvalue weighted by molar-refractivity contribution is 5.87. The van der Waals surface area contributed by atoms with Crippen LogP contribution in [0.1, 0.15) is 21.5 Å². The minimum atomic E-state index is -0.947. The maximum absolute atomic E-state index is 10.7. The maximum Gasteiger partial charge on any atom is 0.335 e. The van der Waals surface area contributed by atoms with Gasteiger partial charge in [-0.3, -0.25) is 0 Å². The summed E-state index contributed by atoms with van der Waals surface area (Å²) < 4.78 is 0. The molecule has 2 rings (SSSR count). The van der Waals surface area contributed by atoms with Crippen molar-refractivity contribution < 1.29 is 20.1 Å². The molecule has 0 saturated carbocycles. The molecule has 4 heteroatoms. The van der Waals surface area contributed by atoms with Gasteiger partial charge in [-0.1, -0.05) is 42.5 Å². The molecular weight excluding hydrogens is 268 g/mol. The zero-order chi connectivity index (χ0) is 15.2. The summed E-state index contributed by atoms with van der Waals surface area (Å²) in [5.41, 5.74) is 1.90. The number of hydrogen-bond acceptors (Lipinski definition) is 3. The highest BCUT2D eigenvalue weighted by atomic mass is 16.4. The molecule has 0 saturated heterocycles. The van der Waals surface area contributed by atoms with Crippen molar-refractivity contribution in [2.24, 2.45) is 0 Å². The first-order chi connectivity index (χ1) is 10.1. The maximum atomic E-state index is 10.7. The van der Waals surface area contributed by atoms with Crippen molar-refractivity contribution in [3.8, 4) is 11.5 Å². The number of aromatic hydroxyl groups is 2. The van der Waals surface area contributed by atoms with Crippen LogP contribution in [0.2, 0.25) is 0 Å². The number of phenols is 2. The van der Waals surface area contributed by atoms with Gasteiger partial charge in [0.05, 0.1) is 5.56 Å². The second kappa shape index (κ2) is 6.43. The molecule has 106 valence electrons. The standard InChI is InChI=1S/C17H14O4/c18-15-10-7-13(11-16(15)19)4-2-1-3-12-5-8-14(9-6-12)17(20)21/h1-11,18-19H,(H,20,21). The summed E-state index contributed by atoms with van der Waals surface area (Å²) in [5, 5.41) is 27.3. The summed E-state index contributed by atoms with van der Waals surface area (Å²) in [6.45, 7) is 0. The first-order valence-corrected chi connectivity index (χ1v) is 6.26. The normalized spacial score (nSPS) is 11.2. The number of rotatable bonds is 4. The molecule has 0 atom stereocenters. The van der Waals surface area contributed by atoms with Gasteiger partial charge >= 0.3 is 5.97 Å². The van der Waals surface area contributed by atoms with Crippen molar-refractivity contribution in [2.45, 2.75) is 0 Å². The fraction of sp³-hybridized carbons (Fsp3) is 0. The predicted octanol–water partition coefficient (Wildman–Crippen LogP) is 3.52. The van der Waals surface area contributed by atoms with Crippen molar-refractivity contribution in [1.29, 1.82) is 0 Å². The van der Waals surface area contributed by atoms with Gasteiger partial charge in [-0.25, -0.2) is 4.79 Å². The topological polar surface area (TPSA) is 77.8 Å².